The molecule has 0 bridgehead atoms. The number of benzene rings is 2. The molecule has 198 valence electrons. The highest BCUT2D eigenvalue weighted by molar-refractivity contribution is 6.50. The number of para-hydroxylation sites is 1. The second-order valence-electron chi connectivity index (χ2n) is 9.77. The summed E-state index contributed by atoms with van der Waals surface area (Å²) in [5, 5.41) is 11.6. The molecule has 4 heterocycles. The molecule has 10 heteroatoms. The SMILES string of the molecule is CN1C(=O)[C@@]2(C(=C(O)c3ccc4c(c3)OCCO4)C(=O)C(=O)N2CCCN2CCOCC2)c2ccccc21. The summed E-state index contributed by atoms with van der Waals surface area (Å²) in [5.74, 6) is -1.62. The van der Waals surface area contributed by atoms with Gasteiger partial charge in [-0.2, -0.15) is 0 Å². The Kier molecular flexibility index (Phi) is 6.08. The van der Waals surface area contributed by atoms with Crippen LogP contribution in [0.1, 0.15) is 17.5 Å². The number of Topliss-reactive ketones (excluding diaryl/α,β-unsaturated/α-hetero) is 1. The van der Waals surface area contributed by atoms with Gasteiger partial charge < -0.3 is 29.1 Å². The van der Waals surface area contributed by atoms with Crippen LogP contribution in [0.5, 0.6) is 11.5 Å². The molecule has 2 aromatic carbocycles. The number of hydrogen-bond donors (Lipinski definition) is 1. The van der Waals surface area contributed by atoms with Crippen LogP contribution in [0, 0.1) is 0 Å². The second-order valence-corrected chi connectivity index (χ2v) is 9.77. The Morgan fingerprint density at radius 1 is 0.947 bits per heavy atom. The van der Waals surface area contributed by atoms with Crippen LogP contribution in [0.4, 0.5) is 5.69 Å². The third-order valence-corrected chi connectivity index (χ3v) is 7.71. The molecule has 4 aliphatic heterocycles. The Hall–Kier alpha value is -3.89. The summed E-state index contributed by atoms with van der Waals surface area (Å²) in [5.41, 5.74) is -0.642. The minimum Gasteiger partial charge on any atom is -0.507 e. The zero-order valence-electron chi connectivity index (χ0n) is 21.1. The number of fused-ring (bicyclic) bond motifs is 3. The van der Waals surface area contributed by atoms with Gasteiger partial charge in [0.15, 0.2) is 17.0 Å². The molecule has 6 rings (SSSR count). The fraction of sp³-hybridized carbons (Fsp3) is 0.393. The molecule has 10 nitrogen and oxygen atoms in total. The smallest absolute Gasteiger partial charge is 0.296 e. The van der Waals surface area contributed by atoms with Crippen molar-refractivity contribution in [3.8, 4) is 11.5 Å². The predicted octanol–water partition coefficient (Wildman–Crippen LogP) is 1.73. The number of aliphatic hydroxyl groups is 1. The van der Waals surface area contributed by atoms with Crippen molar-refractivity contribution >= 4 is 29.0 Å². The van der Waals surface area contributed by atoms with E-state index in [1.54, 1.807) is 49.5 Å². The Balaban J connectivity index is 1.47. The summed E-state index contributed by atoms with van der Waals surface area (Å²) in [6.45, 7) is 4.51. The van der Waals surface area contributed by atoms with Gasteiger partial charge in [0.1, 0.15) is 19.0 Å². The summed E-state index contributed by atoms with van der Waals surface area (Å²) in [7, 11) is 1.62. The van der Waals surface area contributed by atoms with Gasteiger partial charge in [-0.1, -0.05) is 18.2 Å². The Labute approximate surface area is 220 Å². The summed E-state index contributed by atoms with van der Waals surface area (Å²) >= 11 is 0. The fourth-order valence-corrected chi connectivity index (χ4v) is 5.88. The van der Waals surface area contributed by atoms with Crippen LogP contribution >= 0.6 is 0 Å². The molecule has 1 atom stereocenters. The maximum atomic E-state index is 14.1. The van der Waals surface area contributed by atoms with Crippen molar-refractivity contribution in [2.75, 3.05) is 64.6 Å². The summed E-state index contributed by atoms with van der Waals surface area (Å²) in [6, 6.07) is 11.9. The van der Waals surface area contributed by atoms with Gasteiger partial charge in [-0.3, -0.25) is 19.3 Å². The fourth-order valence-electron chi connectivity index (χ4n) is 5.88. The topological polar surface area (TPSA) is 109 Å². The van der Waals surface area contributed by atoms with Crippen LogP contribution in [-0.4, -0.2) is 92.2 Å². The summed E-state index contributed by atoms with van der Waals surface area (Å²) in [4.78, 5) is 46.3. The standard InChI is InChI=1S/C28H29N3O7/c1-29-20-6-3-2-5-19(20)28(27(29)35)23(24(32)18-7-8-21-22(17-18)38-16-15-37-21)25(33)26(34)31(28)10-4-9-30-11-13-36-14-12-30/h2-3,5-8,17,32H,4,9-16H2,1H3/t28-/m0/s1. The van der Waals surface area contributed by atoms with Crippen LogP contribution in [0.15, 0.2) is 48.0 Å². The molecule has 0 saturated carbocycles. The van der Waals surface area contributed by atoms with Crippen LogP contribution in [0.3, 0.4) is 0 Å². The normalized spacial score (nSPS) is 24.4. The molecule has 38 heavy (non-hydrogen) atoms. The van der Waals surface area contributed by atoms with Gasteiger partial charge in [-0.05, 0) is 30.7 Å². The van der Waals surface area contributed by atoms with E-state index in [1.807, 2.05) is 0 Å². The van der Waals surface area contributed by atoms with E-state index < -0.39 is 28.9 Å². The predicted molar refractivity (Wildman–Crippen MR) is 137 cm³/mol. The number of ketones is 1. The first-order valence-electron chi connectivity index (χ1n) is 12.8. The van der Waals surface area contributed by atoms with Crippen molar-refractivity contribution in [2.45, 2.75) is 12.0 Å². The zero-order valence-corrected chi connectivity index (χ0v) is 21.1. The van der Waals surface area contributed by atoms with Crippen LogP contribution in [0.25, 0.3) is 5.76 Å². The molecular formula is C28H29N3O7. The number of amides is 2. The second kappa shape index (κ2) is 9.45. The van der Waals surface area contributed by atoms with Crippen LogP contribution in [0.2, 0.25) is 0 Å². The van der Waals surface area contributed by atoms with Crippen molar-refractivity contribution in [1.82, 2.24) is 9.80 Å². The third-order valence-electron chi connectivity index (χ3n) is 7.71. The van der Waals surface area contributed by atoms with Crippen molar-refractivity contribution in [3.63, 3.8) is 0 Å². The number of anilines is 1. The minimum absolute atomic E-state index is 0.174. The molecule has 0 unspecified atom stereocenters. The Morgan fingerprint density at radius 2 is 1.68 bits per heavy atom. The molecule has 2 amide bonds. The molecular weight excluding hydrogens is 490 g/mol. The summed E-state index contributed by atoms with van der Waals surface area (Å²) in [6.07, 6.45) is 0.554. The van der Waals surface area contributed by atoms with Crippen molar-refractivity contribution < 1.29 is 33.7 Å². The molecule has 4 aliphatic rings. The lowest BCUT2D eigenvalue weighted by Crippen LogP contribution is -2.52. The number of aliphatic hydroxyl groups excluding tert-OH is 1. The number of morpholine rings is 1. The molecule has 0 radical (unpaired) electrons. The first kappa shape index (κ1) is 24.4. The highest BCUT2D eigenvalue weighted by Crippen LogP contribution is 2.53. The molecule has 1 spiro atoms. The largest absolute Gasteiger partial charge is 0.507 e. The number of likely N-dealkylation sites (N-methyl/N-ethyl adjacent to an activating group) is 1. The average molecular weight is 520 g/mol. The number of hydrogen-bond acceptors (Lipinski definition) is 8. The number of likely N-dealkylation sites (tertiary alicyclic amines) is 1. The van der Waals surface area contributed by atoms with E-state index in [-0.39, 0.29) is 17.7 Å². The van der Waals surface area contributed by atoms with Crippen LogP contribution < -0.4 is 14.4 Å². The van der Waals surface area contributed by atoms with Crippen LogP contribution in [-0.2, 0) is 24.7 Å². The van der Waals surface area contributed by atoms with Gasteiger partial charge >= 0.3 is 0 Å². The highest BCUT2D eigenvalue weighted by Gasteiger charge is 2.66. The minimum atomic E-state index is -1.76. The summed E-state index contributed by atoms with van der Waals surface area (Å²) < 4.78 is 16.7. The van der Waals surface area contributed by atoms with E-state index in [9.17, 15) is 19.5 Å². The molecule has 1 N–H and O–H groups in total. The van der Waals surface area contributed by atoms with Crippen molar-refractivity contribution in [3.05, 3.63) is 59.2 Å². The molecule has 0 aromatic heterocycles. The van der Waals surface area contributed by atoms with Gasteiger partial charge in [0, 0.05) is 50.0 Å². The lowest BCUT2D eigenvalue weighted by Gasteiger charge is -2.35. The Morgan fingerprint density at radius 3 is 2.47 bits per heavy atom. The third kappa shape index (κ3) is 3.58. The lowest BCUT2D eigenvalue weighted by molar-refractivity contribution is -0.143. The van der Waals surface area contributed by atoms with E-state index in [1.165, 1.54) is 9.80 Å². The first-order chi connectivity index (χ1) is 18.4. The van der Waals surface area contributed by atoms with Crippen molar-refractivity contribution in [2.24, 2.45) is 0 Å². The van der Waals surface area contributed by atoms with Gasteiger partial charge in [-0.15, -0.1) is 0 Å². The number of carbonyl (C=O) groups is 3. The lowest BCUT2D eigenvalue weighted by atomic mass is 9.81. The monoisotopic (exact) mass is 519 g/mol. The van der Waals surface area contributed by atoms with E-state index in [0.29, 0.717) is 62.1 Å². The van der Waals surface area contributed by atoms with Gasteiger partial charge in [-0.25, -0.2) is 0 Å². The maximum Gasteiger partial charge on any atom is 0.296 e. The number of nitrogens with zero attached hydrogens (tertiary/aromatic N) is 3. The van der Waals surface area contributed by atoms with Gasteiger partial charge in [0.2, 0.25) is 0 Å². The highest BCUT2D eigenvalue weighted by atomic mass is 16.6. The quantitative estimate of drug-likeness (QED) is 0.362. The number of ether oxygens (including phenoxy) is 3. The van der Waals surface area contributed by atoms with Gasteiger partial charge in [0.05, 0.1) is 18.8 Å². The van der Waals surface area contributed by atoms with Crippen molar-refractivity contribution in [1.29, 1.82) is 0 Å². The number of rotatable bonds is 5. The zero-order chi connectivity index (χ0) is 26.4. The maximum absolute atomic E-state index is 14.1. The molecule has 2 aromatic rings. The Bertz CT molecular complexity index is 1350. The molecule has 0 aliphatic carbocycles. The first-order valence-corrected chi connectivity index (χ1v) is 12.8. The van der Waals surface area contributed by atoms with E-state index >= 15 is 0 Å². The average Bonchev–Trinajstić information content (AvgIpc) is 3.31. The van der Waals surface area contributed by atoms with E-state index in [0.717, 1.165) is 13.1 Å². The van der Waals surface area contributed by atoms with Gasteiger partial charge in [0.25, 0.3) is 17.6 Å². The molecule has 2 saturated heterocycles. The molecule has 2 fully saturated rings. The van der Waals surface area contributed by atoms with E-state index in [2.05, 4.69) is 4.90 Å². The van der Waals surface area contributed by atoms with E-state index in [4.69, 9.17) is 14.2 Å². The number of carbonyl (C=O) groups excluding carboxylic acids is 3.